The summed E-state index contributed by atoms with van der Waals surface area (Å²) in [6.07, 6.45) is 1.79. The molecular formula is C29H39F2N3O. The van der Waals surface area contributed by atoms with E-state index in [0.29, 0.717) is 44.2 Å². The van der Waals surface area contributed by atoms with Gasteiger partial charge in [0.25, 0.3) is 0 Å². The molecule has 2 heterocycles. The molecule has 0 bridgehead atoms. The minimum Gasteiger partial charge on any atom is -0.342 e. The highest BCUT2D eigenvalue weighted by molar-refractivity contribution is 5.81. The van der Waals surface area contributed by atoms with Crippen LogP contribution in [0, 0.1) is 31.4 Å². The molecule has 0 saturated carbocycles. The van der Waals surface area contributed by atoms with E-state index < -0.39 is 11.6 Å². The third kappa shape index (κ3) is 5.29. The average molecular weight is 484 g/mol. The molecular weight excluding hydrogens is 444 g/mol. The quantitative estimate of drug-likeness (QED) is 0.645. The van der Waals surface area contributed by atoms with E-state index in [1.54, 1.807) is 0 Å². The predicted molar refractivity (Wildman–Crippen MR) is 136 cm³/mol. The summed E-state index contributed by atoms with van der Waals surface area (Å²) < 4.78 is 28.4. The highest BCUT2D eigenvalue weighted by Crippen LogP contribution is 2.40. The fourth-order valence-corrected chi connectivity index (χ4v) is 5.82. The zero-order valence-corrected chi connectivity index (χ0v) is 21.7. The lowest BCUT2D eigenvalue weighted by molar-refractivity contribution is -0.136. The first kappa shape index (κ1) is 25.8. The number of halogens is 2. The molecule has 2 saturated heterocycles. The monoisotopic (exact) mass is 483 g/mol. The van der Waals surface area contributed by atoms with Gasteiger partial charge < -0.3 is 10.6 Å². The lowest BCUT2D eigenvalue weighted by Crippen LogP contribution is -2.44. The molecule has 2 fully saturated rings. The van der Waals surface area contributed by atoms with Crippen molar-refractivity contribution in [2.75, 3.05) is 26.2 Å². The highest BCUT2D eigenvalue weighted by Gasteiger charge is 2.44. The van der Waals surface area contributed by atoms with Gasteiger partial charge in [-0.25, -0.2) is 8.78 Å². The van der Waals surface area contributed by atoms with Gasteiger partial charge in [0.2, 0.25) is 5.91 Å². The summed E-state index contributed by atoms with van der Waals surface area (Å²) in [6, 6.07) is 8.21. The van der Waals surface area contributed by atoms with Crippen LogP contribution < -0.4 is 5.73 Å². The molecule has 0 aromatic heterocycles. The van der Waals surface area contributed by atoms with Gasteiger partial charge >= 0.3 is 0 Å². The van der Waals surface area contributed by atoms with Crippen LogP contribution in [-0.4, -0.2) is 47.4 Å². The summed E-state index contributed by atoms with van der Waals surface area (Å²) in [7, 11) is 0. The van der Waals surface area contributed by atoms with Crippen LogP contribution in [0.5, 0.6) is 0 Å². The minimum absolute atomic E-state index is 0.0862. The SMILES string of the molecule is Cc1cc(CN)c(C2CCN(C(=O)[C@@H]3CN(C(C)(C)C)C[C@H]3c3ccc(F)cc3F)CC2)cc1C. The molecule has 2 atom stereocenters. The first-order valence-electron chi connectivity index (χ1n) is 12.8. The Kier molecular flexibility index (Phi) is 7.35. The molecule has 0 aliphatic carbocycles. The van der Waals surface area contributed by atoms with Crippen LogP contribution in [0.3, 0.4) is 0 Å². The van der Waals surface area contributed by atoms with Crippen LogP contribution in [0.15, 0.2) is 30.3 Å². The van der Waals surface area contributed by atoms with Crippen molar-refractivity contribution in [1.82, 2.24) is 9.80 Å². The highest BCUT2D eigenvalue weighted by atomic mass is 19.1. The van der Waals surface area contributed by atoms with E-state index in [0.717, 1.165) is 18.9 Å². The van der Waals surface area contributed by atoms with Crippen LogP contribution in [0.4, 0.5) is 8.78 Å². The Morgan fingerprint density at radius 2 is 1.66 bits per heavy atom. The first-order chi connectivity index (χ1) is 16.5. The Morgan fingerprint density at radius 1 is 1.00 bits per heavy atom. The minimum atomic E-state index is -0.593. The van der Waals surface area contributed by atoms with Crippen molar-refractivity contribution in [2.45, 2.75) is 71.4 Å². The first-order valence-corrected chi connectivity index (χ1v) is 12.8. The molecule has 2 aliphatic heterocycles. The normalized spacial score (nSPS) is 22.1. The summed E-state index contributed by atoms with van der Waals surface area (Å²) in [4.78, 5) is 18.0. The molecule has 2 aromatic carbocycles. The van der Waals surface area contributed by atoms with Gasteiger partial charge in [-0.3, -0.25) is 9.69 Å². The maximum atomic E-state index is 14.8. The Hall–Kier alpha value is -2.31. The standard InChI is InChI=1S/C29H39F2N3O/c1-18-12-21(15-32)24(13-19(18)2)20-8-10-33(11-9-20)28(35)26-17-34(29(3,4)5)16-25(26)23-7-6-22(30)14-27(23)31/h6-7,12-14,20,25-26H,8-11,15-17,32H2,1-5H3/t25-,26+/m0/s1. The molecule has 0 radical (unpaired) electrons. The number of aryl methyl sites for hydroxylation is 2. The van der Waals surface area contributed by atoms with Gasteiger partial charge in [-0.2, -0.15) is 0 Å². The van der Waals surface area contributed by atoms with Crippen molar-refractivity contribution in [1.29, 1.82) is 0 Å². The number of amides is 1. The van der Waals surface area contributed by atoms with Gasteiger partial charge in [-0.05, 0) is 87.3 Å². The Morgan fingerprint density at radius 3 is 2.26 bits per heavy atom. The van der Waals surface area contributed by atoms with Crippen molar-refractivity contribution in [2.24, 2.45) is 11.7 Å². The number of carbonyl (C=O) groups excluding carboxylic acids is 1. The number of nitrogens with two attached hydrogens (primary N) is 1. The van der Waals surface area contributed by atoms with Crippen LogP contribution >= 0.6 is 0 Å². The molecule has 4 nitrogen and oxygen atoms in total. The topological polar surface area (TPSA) is 49.6 Å². The predicted octanol–water partition coefficient (Wildman–Crippen LogP) is 5.26. The van der Waals surface area contributed by atoms with Gasteiger partial charge in [0.1, 0.15) is 11.6 Å². The molecule has 1 amide bonds. The number of likely N-dealkylation sites (tertiary alicyclic amines) is 2. The number of hydrogen-bond donors (Lipinski definition) is 1. The van der Waals surface area contributed by atoms with Crippen LogP contribution in [0.1, 0.15) is 73.3 Å². The van der Waals surface area contributed by atoms with Crippen LogP contribution in [0.25, 0.3) is 0 Å². The molecule has 2 aliphatic rings. The lowest BCUT2D eigenvalue weighted by atomic mass is 9.83. The Bertz CT molecular complexity index is 1090. The van der Waals surface area contributed by atoms with Gasteiger partial charge in [0.15, 0.2) is 0 Å². The average Bonchev–Trinajstić information content (AvgIpc) is 3.26. The van der Waals surface area contributed by atoms with Crippen molar-refractivity contribution >= 4 is 5.91 Å². The van der Waals surface area contributed by atoms with Gasteiger partial charge in [0.05, 0.1) is 5.92 Å². The summed E-state index contributed by atoms with van der Waals surface area (Å²) in [6.45, 7) is 13.6. The largest absolute Gasteiger partial charge is 0.342 e. The van der Waals surface area contributed by atoms with Crippen LogP contribution in [-0.2, 0) is 11.3 Å². The van der Waals surface area contributed by atoms with Crippen LogP contribution in [0.2, 0.25) is 0 Å². The number of nitrogens with zero attached hydrogens (tertiary/aromatic N) is 2. The Balaban J connectivity index is 1.52. The van der Waals surface area contributed by atoms with Gasteiger partial charge in [-0.15, -0.1) is 0 Å². The van der Waals surface area contributed by atoms with Crippen molar-refractivity contribution in [3.05, 3.63) is 69.8 Å². The maximum absolute atomic E-state index is 14.8. The van der Waals surface area contributed by atoms with E-state index in [9.17, 15) is 13.6 Å². The summed E-state index contributed by atoms with van der Waals surface area (Å²) in [5.41, 5.74) is 11.4. The number of carbonyl (C=O) groups is 1. The molecule has 0 unspecified atom stereocenters. The second-order valence-electron chi connectivity index (χ2n) is 11.4. The second kappa shape index (κ2) is 9.98. The fourth-order valence-electron chi connectivity index (χ4n) is 5.82. The molecule has 0 spiro atoms. The number of benzene rings is 2. The summed E-state index contributed by atoms with van der Waals surface area (Å²) in [5.74, 6) is -1.31. The second-order valence-corrected chi connectivity index (χ2v) is 11.4. The molecule has 190 valence electrons. The van der Waals surface area contributed by atoms with E-state index in [-0.39, 0.29) is 23.3 Å². The zero-order chi connectivity index (χ0) is 25.5. The molecule has 4 rings (SSSR count). The molecule has 2 aromatic rings. The van der Waals surface area contributed by atoms with E-state index in [2.05, 4.69) is 51.7 Å². The third-order valence-corrected chi connectivity index (χ3v) is 8.17. The van der Waals surface area contributed by atoms with E-state index in [1.807, 2.05) is 4.90 Å². The van der Waals surface area contributed by atoms with Gasteiger partial charge in [-0.1, -0.05) is 18.2 Å². The maximum Gasteiger partial charge on any atom is 0.227 e. The van der Waals surface area contributed by atoms with Gasteiger partial charge in [0, 0.05) is 50.2 Å². The van der Waals surface area contributed by atoms with Crippen molar-refractivity contribution in [3.63, 3.8) is 0 Å². The van der Waals surface area contributed by atoms with E-state index in [4.69, 9.17) is 5.73 Å². The van der Waals surface area contributed by atoms with Crippen molar-refractivity contribution < 1.29 is 13.6 Å². The smallest absolute Gasteiger partial charge is 0.227 e. The number of piperidine rings is 1. The number of rotatable bonds is 4. The summed E-state index contributed by atoms with van der Waals surface area (Å²) in [5, 5.41) is 0. The van der Waals surface area contributed by atoms with E-state index in [1.165, 1.54) is 34.4 Å². The molecule has 2 N–H and O–H groups in total. The van der Waals surface area contributed by atoms with E-state index >= 15 is 0 Å². The third-order valence-electron chi connectivity index (χ3n) is 8.17. The lowest BCUT2D eigenvalue weighted by Gasteiger charge is -2.36. The summed E-state index contributed by atoms with van der Waals surface area (Å²) >= 11 is 0. The fraction of sp³-hybridized carbons (Fsp3) is 0.552. The zero-order valence-electron chi connectivity index (χ0n) is 21.7. The number of hydrogen-bond acceptors (Lipinski definition) is 3. The molecule has 35 heavy (non-hydrogen) atoms. The van der Waals surface area contributed by atoms with Crippen molar-refractivity contribution in [3.8, 4) is 0 Å². The molecule has 6 heteroatoms. The Labute approximate surface area is 208 Å².